The molecule has 148 valence electrons. The highest BCUT2D eigenvalue weighted by molar-refractivity contribution is 5.83. The molecule has 2 aliphatic rings. The molecule has 4 heteroatoms. The number of nitrogens with two attached hydrogens (primary N) is 1. The molecule has 4 rings (SSSR count). The lowest BCUT2D eigenvalue weighted by molar-refractivity contribution is -0.138. The van der Waals surface area contributed by atoms with Gasteiger partial charge in [-0.25, -0.2) is 0 Å². The van der Waals surface area contributed by atoms with Crippen LogP contribution in [0.5, 0.6) is 0 Å². The second kappa shape index (κ2) is 8.89. The van der Waals surface area contributed by atoms with Gasteiger partial charge in [-0.2, -0.15) is 0 Å². The van der Waals surface area contributed by atoms with Crippen molar-refractivity contribution in [3.63, 3.8) is 0 Å². The van der Waals surface area contributed by atoms with Crippen LogP contribution in [0.25, 0.3) is 0 Å². The first-order chi connectivity index (χ1) is 13.8. The van der Waals surface area contributed by atoms with Gasteiger partial charge in [-0.15, -0.1) is 0 Å². The largest absolute Gasteiger partial charge is 0.341 e. The van der Waals surface area contributed by atoms with E-state index in [1.54, 1.807) is 0 Å². The molecule has 0 bridgehead atoms. The molecule has 2 heterocycles. The minimum absolute atomic E-state index is 0.206. The maximum Gasteiger partial charge on any atom is 0.244 e. The molecule has 2 fully saturated rings. The van der Waals surface area contributed by atoms with Crippen LogP contribution in [0.3, 0.4) is 0 Å². The third kappa shape index (κ3) is 3.98. The van der Waals surface area contributed by atoms with Gasteiger partial charge in [0.1, 0.15) is 6.04 Å². The summed E-state index contributed by atoms with van der Waals surface area (Å²) in [4.78, 5) is 18.0. The fourth-order valence-corrected chi connectivity index (χ4v) is 4.86. The maximum atomic E-state index is 13.6. The van der Waals surface area contributed by atoms with Gasteiger partial charge in [-0.3, -0.25) is 9.69 Å². The lowest BCUT2D eigenvalue weighted by Gasteiger charge is -2.35. The number of carbonyl (C=O) groups excluding carboxylic acids is 1. The molecule has 2 aromatic rings. The number of rotatable bonds is 5. The minimum Gasteiger partial charge on any atom is -0.341 e. The van der Waals surface area contributed by atoms with Gasteiger partial charge in [0.2, 0.25) is 5.91 Å². The van der Waals surface area contributed by atoms with Crippen molar-refractivity contribution in [2.45, 2.75) is 31.2 Å². The average Bonchev–Trinajstić information content (AvgIpc) is 3.20. The Hall–Kier alpha value is -2.17. The highest BCUT2D eigenvalue weighted by atomic mass is 16.2. The Kier molecular flexibility index (Phi) is 6.08. The fourth-order valence-electron chi connectivity index (χ4n) is 4.86. The van der Waals surface area contributed by atoms with Crippen LogP contribution in [-0.2, 0) is 4.79 Å². The third-order valence-corrected chi connectivity index (χ3v) is 6.38. The second-order valence-corrected chi connectivity index (χ2v) is 8.17. The Labute approximate surface area is 168 Å². The van der Waals surface area contributed by atoms with Gasteiger partial charge in [-0.1, -0.05) is 60.7 Å². The Balaban J connectivity index is 1.62. The van der Waals surface area contributed by atoms with Crippen molar-refractivity contribution in [3.05, 3.63) is 71.8 Å². The molecule has 2 N–H and O–H groups in total. The predicted molar refractivity (Wildman–Crippen MR) is 113 cm³/mol. The summed E-state index contributed by atoms with van der Waals surface area (Å²) in [6.45, 7) is 4.17. The monoisotopic (exact) mass is 377 g/mol. The summed E-state index contributed by atoms with van der Waals surface area (Å²) in [5.41, 5.74) is 8.59. The molecule has 28 heavy (non-hydrogen) atoms. The molecule has 2 aliphatic heterocycles. The molecule has 3 atom stereocenters. The maximum absolute atomic E-state index is 13.6. The van der Waals surface area contributed by atoms with Crippen LogP contribution >= 0.6 is 0 Å². The van der Waals surface area contributed by atoms with E-state index in [9.17, 15) is 4.79 Å². The summed E-state index contributed by atoms with van der Waals surface area (Å²) in [5.74, 6) is 1.02. The van der Waals surface area contributed by atoms with E-state index in [4.69, 9.17) is 5.73 Å². The standard InChI is InChI=1S/C24H31N3O/c25-16-21-17-27(18-22(21)19-10-4-1-5-11-19)23(20-12-6-2-7-13-20)24(28)26-14-8-3-9-15-26/h1-2,4-7,10-13,21-23H,3,8-9,14-18,25H2/t21-,22+,23?/m1/s1. The van der Waals surface area contributed by atoms with Gasteiger partial charge in [0.05, 0.1) is 0 Å². The van der Waals surface area contributed by atoms with E-state index in [2.05, 4.69) is 52.3 Å². The van der Waals surface area contributed by atoms with Gasteiger partial charge < -0.3 is 10.6 Å². The van der Waals surface area contributed by atoms with E-state index in [0.29, 0.717) is 18.4 Å². The molecule has 2 aromatic carbocycles. The number of hydrogen-bond acceptors (Lipinski definition) is 3. The fraction of sp³-hybridized carbons (Fsp3) is 0.458. The van der Waals surface area contributed by atoms with Crippen LogP contribution in [0.4, 0.5) is 0 Å². The molecule has 1 unspecified atom stereocenters. The quantitative estimate of drug-likeness (QED) is 0.869. The molecule has 1 amide bonds. The molecular weight excluding hydrogens is 346 g/mol. The molecule has 0 aliphatic carbocycles. The van der Waals surface area contributed by atoms with E-state index in [1.807, 2.05) is 18.2 Å². The Morgan fingerprint density at radius 1 is 0.929 bits per heavy atom. The zero-order valence-electron chi connectivity index (χ0n) is 16.5. The van der Waals surface area contributed by atoms with Crippen LogP contribution in [0, 0.1) is 5.92 Å². The summed E-state index contributed by atoms with van der Waals surface area (Å²) < 4.78 is 0. The van der Waals surface area contributed by atoms with E-state index < -0.39 is 0 Å². The second-order valence-electron chi connectivity index (χ2n) is 8.17. The number of hydrogen-bond donors (Lipinski definition) is 1. The molecule has 0 aromatic heterocycles. The van der Waals surface area contributed by atoms with Crippen molar-refractivity contribution >= 4 is 5.91 Å². The molecule has 0 spiro atoms. The van der Waals surface area contributed by atoms with Gasteiger partial charge in [0.25, 0.3) is 0 Å². The minimum atomic E-state index is -0.206. The number of benzene rings is 2. The van der Waals surface area contributed by atoms with E-state index >= 15 is 0 Å². The highest BCUT2D eigenvalue weighted by Gasteiger charge is 2.40. The zero-order chi connectivity index (χ0) is 19.3. The van der Waals surface area contributed by atoms with E-state index in [1.165, 1.54) is 12.0 Å². The van der Waals surface area contributed by atoms with Gasteiger partial charge in [-0.05, 0) is 42.9 Å². The van der Waals surface area contributed by atoms with Gasteiger partial charge >= 0.3 is 0 Å². The first-order valence-electron chi connectivity index (χ1n) is 10.6. The van der Waals surface area contributed by atoms with Crippen molar-refractivity contribution in [2.75, 3.05) is 32.7 Å². The van der Waals surface area contributed by atoms with Crippen molar-refractivity contribution in [2.24, 2.45) is 11.7 Å². The third-order valence-electron chi connectivity index (χ3n) is 6.38. The Bertz CT molecular complexity index is 758. The first-order valence-corrected chi connectivity index (χ1v) is 10.6. The molecule has 2 saturated heterocycles. The average molecular weight is 378 g/mol. The summed E-state index contributed by atoms with van der Waals surface area (Å²) in [5, 5.41) is 0. The van der Waals surface area contributed by atoms with E-state index in [0.717, 1.165) is 44.6 Å². The Morgan fingerprint density at radius 3 is 2.21 bits per heavy atom. The number of likely N-dealkylation sites (tertiary alicyclic amines) is 2. The lowest BCUT2D eigenvalue weighted by atomic mass is 9.89. The van der Waals surface area contributed by atoms with Crippen molar-refractivity contribution < 1.29 is 4.79 Å². The predicted octanol–water partition coefficient (Wildman–Crippen LogP) is 3.41. The first kappa shape index (κ1) is 19.2. The van der Waals surface area contributed by atoms with Gasteiger partial charge in [0.15, 0.2) is 0 Å². The van der Waals surface area contributed by atoms with Crippen LogP contribution in [0.2, 0.25) is 0 Å². The normalized spacial score (nSPS) is 24.2. The molecular formula is C24H31N3O. The Morgan fingerprint density at radius 2 is 1.57 bits per heavy atom. The smallest absolute Gasteiger partial charge is 0.244 e. The summed E-state index contributed by atoms with van der Waals surface area (Å²) in [7, 11) is 0. The van der Waals surface area contributed by atoms with Crippen molar-refractivity contribution in [3.8, 4) is 0 Å². The zero-order valence-corrected chi connectivity index (χ0v) is 16.5. The van der Waals surface area contributed by atoms with Crippen molar-refractivity contribution in [1.82, 2.24) is 9.80 Å². The van der Waals surface area contributed by atoms with E-state index in [-0.39, 0.29) is 11.9 Å². The molecule has 0 radical (unpaired) electrons. The summed E-state index contributed by atoms with van der Waals surface area (Å²) in [6.07, 6.45) is 3.46. The number of amides is 1. The van der Waals surface area contributed by atoms with Crippen molar-refractivity contribution in [1.29, 1.82) is 0 Å². The molecule has 4 nitrogen and oxygen atoms in total. The van der Waals surface area contributed by atoms with Gasteiger partial charge in [0, 0.05) is 32.1 Å². The number of piperidine rings is 1. The summed E-state index contributed by atoms with van der Waals surface area (Å²) in [6, 6.07) is 20.7. The summed E-state index contributed by atoms with van der Waals surface area (Å²) >= 11 is 0. The molecule has 0 saturated carbocycles. The van der Waals surface area contributed by atoms with Crippen LogP contribution in [-0.4, -0.2) is 48.4 Å². The van der Waals surface area contributed by atoms with Crippen LogP contribution in [0.1, 0.15) is 42.3 Å². The number of nitrogens with zero attached hydrogens (tertiary/aromatic N) is 2. The topological polar surface area (TPSA) is 49.6 Å². The van der Waals surface area contributed by atoms with Crippen LogP contribution < -0.4 is 5.73 Å². The lowest BCUT2D eigenvalue weighted by Crippen LogP contribution is -2.44. The SMILES string of the molecule is NC[C@@H]1CN(C(C(=O)N2CCCCC2)c2ccccc2)C[C@H]1c1ccccc1. The number of carbonyl (C=O) groups is 1. The highest BCUT2D eigenvalue weighted by Crippen LogP contribution is 2.37. The van der Waals surface area contributed by atoms with Crippen LogP contribution in [0.15, 0.2) is 60.7 Å².